The molecule has 1 aliphatic rings. The molecule has 0 amide bonds. The zero-order valence-electron chi connectivity index (χ0n) is 10.7. The van der Waals surface area contributed by atoms with Gasteiger partial charge in [-0.2, -0.15) is 0 Å². The SMILES string of the molecule is OC1(CNc2cc(F)c(Br)cc2F)CCCCCC1. The molecule has 0 spiro atoms. The van der Waals surface area contributed by atoms with Crippen molar-refractivity contribution in [1.29, 1.82) is 0 Å². The molecule has 1 aromatic carbocycles. The lowest BCUT2D eigenvalue weighted by molar-refractivity contribution is 0.0381. The smallest absolute Gasteiger partial charge is 0.147 e. The fourth-order valence-corrected chi connectivity index (χ4v) is 2.80. The summed E-state index contributed by atoms with van der Waals surface area (Å²) in [6, 6.07) is 2.20. The number of anilines is 1. The normalized spacial score (nSPS) is 18.9. The van der Waals surface area contributed by atoms with E-state index in [1.54, 1.807) is 0 Å². The average molecular weight is 334 g/mol. The van der Waals surface area contributed by atoms with Crippen LogP contribution < -0.4 is 5.32 Å². The first kappa shape index (κ1) is 14.7. The molecule has 2 nitrogen and oxygen atoms in total. The lowest BCUT2D eigenvalue weighted by Crippen LogP contribution is -2.36. The lowest BCUT2D eigenvalue weighted by atomic mass is 9.94. The van der Waals surface area contributed by atoms with Crippen molar-refractivity contribution in [3.05, 3.63) is 28.2 Å². The van der Waals surface area contributed by atoms with Gasteiger partial charge in [0.05, 0.1) is 15.8 Å². The highest BCUT2D eigenvalue weighted by molar-refractivity contribution is 9.10. The van der Waals surface area contributed by atoms with Crippen LogP contribution in [-0.4, -0.2) is 17.3 Å². The summed E-state index contributed by atoms with van der Waals surface area (Å²) in [5.41, 5.74) is -0.717. The van der Waals surface area contributed by atoms with Crippen LogP contribution in [-0.2, 0) is 0 Å². The van der Waals surface area contributed by atoms with Gasteiger partial charge in [-0.3, -0.25) is 0 Å². The molecule has 0 aliphatic heterocycles. The zero-order chi connectivity index (χ0) is 13.9. The molecule has 1 saturated carbocycles. The van der Waals surface area contributed by atoms with E-state index in [-0.39, 0.29) is 16.7 Å². The molecule has 1 aliphatic carbocycles. The highest BCUT2D eigenvalue weighted by atomic mass is 79.9. The number of rotatable bonds is 3. The Hall–Kier alpha value is -0.680. The van der Waals surface area contributed by atoms with E-state index in [2.05, 4.69) is 21.2 Å². The van der Waals surface area contributed by atoms with E-state index in [9.17, 15) is 13.9 Å². The third kappa shape index (κ3) is 3.89. The Bertz CT molecular complexity index is 445. The molecule has 0 radical (unpaired) electrons. The third-order valence-electron chi connectivity index (χ3n) is 3.65. The highest BCUT2D eigenvalue weighted by Gasteiger charge is 2.28. The molecule has 0 heterocycles. The number of nitrogens with one attached hydrogen (secondary N) is 1. The van der Waals surface area contributed by atoms with Crippen molar-refractivity contribution in [2.24, 2.45) is 0 Å². The van der Waals surface area contributed by atoms with Crippen molar-refractivity contribution in [3.8, 4) is 0 Å². The number of hydrogen-bond acceptors (Lipinski definition) is 2. The second-order valence-corrected chi connectivity index (χ2v) is 6.09. The first-order valence-corrected chi connectivity index (χ1v) is 7.40. The van der Waals surface area contributed by atoms with Gasteiger partial charge in [0, 0.05) is 12.6 Å². The Balaban J connectivity index is 2.03. The second kappa shape index (κ2) is 6.18. The summed E-state index contributed by atoms with van der Waals surface area (Å²) in [6.07, 6.45) is 5.64. The molecular weight excluding hydrogens is 316 g/mol. The maximum atomic E-state index is 13.6. The van der Waals surface area contributed by atoms with E-state index in [4.69, 9.17) is 0 Å². The van der Waals surface area contributed by atoms with Crippen molar-refractivity contribution in [2.75, 3.05) is 11.9 Å². The van der Waals surface area contributed by atoms with Crippen LogP contribution in [0.2, 0.25) is 0 Å². The van der Waals surface area contributed by atoms with Crippen LogP contribution in [0.4, 0.5) is 14.5 Å². The highest BCUT2D eigenvalue weighted by Crippen LogP contribution is 2.29. The summed E-state index contributed by atoms with van der Waals surface area (Å²) in [6.45, 7) is 0.255. The molecule has 0 aromatic heterocycles. The number of halogens is 3. The predicted octanol–water partition coefficient (Wildman–Crippen LogP) is 4.22. The van der Waals surface area contributed by atoms with Crippen molar-refractivity contribution < 1.29 is 13.9 Å². The van der Waals surface area contributed by atoms with Crippen LogP contribution in [0.15, 0.2) is 16.6 Å². The molecule has 19 heavy (non-hydrogen) atoms. The maximum Gasteiger partial charge on any atom is 0.147 e. The molecule has 0 saturated heterocycles. The van der Waals surface area contributed by atoms with Gasteiger partial charge in [-0.25, -0.2) is 8.78 Å². The minimum Gasteiger partial charge on any atom is -0.388 e. The molecule has 1 fully saturated rings. The number of benzene rings is 1. The van der Waals surface area contributed by atoms with E-state index < -0.39 is 17.2 Å². The van der Waals surface area contributed by atoms with E-state index in [1.807, 2.05) is 0 Å². The molecular formula is C14H18BrF2NO. The van der Waals surface area contributed by atoms with Crippen molar-refractivity contribution in [3.63, 3.8) is 0 Å². The van der Waals surface area contributed by atoms with Crippen LogP contribution in [0.25, 0.3) is 0 Å². The van der Waals surface area contributed by atoms with Crippen molar-refractivity contribution >= 4 is 21.6 Å². The van der Waals surface area contributed by atoms with E-state index in [1.165, 1.54) is 0 Å². The largest absolute Gasteiger partial charge is 0.388 e. The predicted molar refractivity (Wildman–Crippen MR) is 75.2 cm³/mol. The Morgan fingerprint density at radius 1 is 1.11 bits per heavy atom. The third-order valence-corrected chi connectivity index (χ3v) is 4.26. The van der Waals surface area contributed by atoms with Crippen LogP contribution in [0.5, 0.6) is 0 Å². The Morgan fingerprint density at radius 3 is 2.37 bits per heavy atom. The minimum atomic E-state index is -0.813. The number of aliphatic hydroxyl groups is 1. The molecule has 2 rings (SSSR count). The molecule has 0 bridgehead atoms. The van der Waals surface area contributed by atoms with Crippen molar-refractivity contribution in [2.45, 2.75) is 44.1 Å². The topological polar surface area (TPSA) is 32.3 Å². The standard InChI is InChI=1S/C14H18BrF2NO/c15-10-7-12(17)13(8-11(10)16)18-9-14(19)5-3-1-2-4-6-14/h7-8,18-19H,1-6,9H2. The Morgan fingerprint density at radius 2 is 1.74 bits per heavy atom. The van der Waals surface area contributed by atoms with Gasteiger partial charge in [-0.15, -0.1) is 0 Å². The summed E-state index contributed by atoms with van der Waals surface area (Å²) in [5.74, 6) is -1.04. The summed E-state index contributed by atoms with van der Waals surface area (Å²) in [7, 11) is 0. The van der Waals surface area contributed by atoms with Gasteiger partial charge < -0.3 is 10.4 Å². The quantitative estimate of drug-likeness (QED) is 0.641. The average Bonchev–Trinajstić information content (AvgIpc) is 2.58. The zero-order valence-corrected chi connectivity index (χ0v) is 12.3. The van der Waals surface area contributed by atoms with Gasteiger partial charge in [0.25, 0.3) is 0 Å². The maximum absolute atomic E-state index is 13.6. The molecule has 1 aromatic rings. The Kier molecular flexibility index (Phi) is 4.79. The minimum absolute atomic E-state index is 0.0957. The van der Waals surface area contributed by atoms with Gasteiger partial charge in [0.2, 0.25) is 0 Å². The Labute approximate surface area is 120 Å². The fourth-order valence-electron chi connectivity index (χ4n) is 2.48. The van der Waals surface area contributed by atoms with Crippen LogP contribution in [0.3, 0.4) is 0 Å². The van der Waals surface area contributed by atoms with Gasteiger partial charge >= 0.3 is 0 Å². The summed E-state index contributed by atoms with van der Waals surface area (Å²) < 4.78 is 27.1. The van der Waals surface area contributed by atoms with Gasteiger partial charge in [-0.05, 0) is 34.8 Å². The summed E-state index contributed by atoms with van der Waals surface area (Å²) in [4.78, 5) is 0. The molecule has 5 heteroatoms. The van der Waals surface area contributed by atoms with Gasteiger partial charge in [0.15, 0.2) is 0 Å². The van der Waals surface area contributed by atoms with Crippen molar-refractivity contribution in [1.82, 2.24) is 0 Å². The molecule has 2 N–H and O–H groups in total. The molecule has 106 valence electrons. The van der Waals surface area contributed by atoms with Crippen LogP contribution in [0.1, 0.15) is 38.5 Å². The van der Waals surface area contributed by atoms with Crippen LogP contribution in [0, 0.1) is 11.6 Å². The summed E-state index contributed by atoms with van der Waals surface area (Å²) in [5, 5.41) is 13.3. The first-order valence-electron chi connectivity index (χ1n) is 6.61. The fraction of sp³-hybridized carbons (Fsp3) is 0.571. The van der Waals surface area contributed by atoms with E-state index >= 15 is 0 Å². The molecule has 0 unspecified atom stereocenters. The van der Waals surface area contributed by atoms with Gasteiger partial charge in [0.1, 0.15) is 11.6 Å². The number of hydrogen-bond donors (Lipinski definition) is 2. The first-order chi connectivity index (χ1) is 9.00. The second-order valence-electron chi connectivity index (χ2n) is 5.24. The monoisotopic (exact) mass is 333 g/mol. The summed E-state index contributed by atoms with van der Waals surface area (Å²) >= 11 is 2.94. The van der Waals surface area contributed by atoms with Gasteiger partial charge in [-0.1, -0.05) is 25.7 Å². The van der Waals surface area contributed by atoms with E-state index in [0.717, 1.165) is 37.8 Å². The van der Waals surface area contributed by atoms with Crippen LogP contribution >= 0.6 is 15.9 Å². The lowest BCUT2D eigenvalue weighted by Gasteiger charge is -2.27. The molecule has 0 atom stereocenters. The van der Waals surface area contributed by atoms with E-state index in [0.29, 0.717) is 12.8 Å².